The quantitative estimate of drug-likeness (QED) is 0.683. The number of carbonyl (C=O) groups is 3. The number of nitrogens with zero attached hydrogens (tertiary/aromatic N) is 4. The molecule has 0 spiro atoms. The molecule has 0 aromatic carbocycles. The maximum Gasteiger partial charge on any atom is 0.325 e. The Kier molecular flexibility index (Phi) is 3.78. The van der Waals surface area contributed by atoms with Gasteiger partial charge in [0.1, 0.15) is 18.7 Å². The molecule has 118 valence electrons. The molecule has 2 fully saturated rings. The summed E-state index contributed by atoms with van der Waals surface area (Å²) in [4.78, 5) is 40.3. The molecular weight excluding hydrogens is 288 g/mol. The lowest BCUT2D eigenvalue weighted by atomic mass is 10.1. The summed E-state index contributed by atoms with van der Waals surface area (Å²) in [7, 11) is 0. The summed E-state index contributed by atoms with van der Waals surface area (Å²) >= 11 is 0. The van der Waals surface area contributed by atoms with Crippen LogP contribution in [0.15, 0.2) is 6.33 Å². The summed E-state index contributed by atoms with van der Waals surface area (Å²) < 4.78 is 1.75. The number of aryl methyl sites for hydroxylation is 1. The van der Waals surface area contributed by atoms with Crippen LogP contribution in [0.3, 0.4) is 0 Å². The van der Waals surface area contributed by atoms with Crippen LogP contribution in [0, 0.1) is 5.92 Å². The average Bonchev–Trinajstić information content (AvgIpc) is 3.16. The Bertz CT molecular complexity index is 593. The first-order valence-corrected chi connectivity index (χ1v) is 7.35. The number of rotatable bonds is 6. The van der Waals surface area contributed by atoms with Crippen molar-refractivity contribution in [2.45, 2.75) is 32.4 Å². The lowest BCUT2D eigenvalue weighted by molar-refractivity contribution is -0.131. The average molecular weight is 306 g/mol. The second-order valence-corrected chi connectivity index (χ2v) is 5.46. The lowest BCUT2D eigenvalue weighted by Crippen LogP contribution is -2.43. The van der Waals surface area contributed by atoms with Crippen molar-refractivity contribution in [1.29, 1.82) is 0 Å². The van der Waals surface area contributed by atoms with Gasteiger partial charge >= 0.3 is 6.03 Å². The van der Waals surface area contributed by atoms with Crippen molar-refractivity contribution in [3.63, 3.8) is 0 Å². The summed E-state index contributed by atoms with van der Waals surface area (Å²) in [6.45, 7) is 2.30. The number of carbonyl (C=O) groups excluding carboxylic acids is 3. The molecule has 0 unspecified atom stereocenters. The molecule has 9 nitrogen and oxygen atoms in total. The van der Waals surface area contributed by atoms with Gasteiger partial charge in [0.15, 0.2) is 0 Å². The minimum Gasteiger partial charge on any atom is -0.344 e. The van der Waals surface area contributed by atoms with Crippen molar-refractivity contribution in [3.05, 3.63) is 12.2 Å². The number of hydrogen-bond donors (Lipinski definition) is 2. The second-order valence-electron chi connectivity index (χ2n) is 5.46. The van der Waals surface area contributed by atoms with E-state index in [4.69, 9.17) is 0 Å². The summed E-state index contributed by atoms with van der Waals surface area (Å²) in [6.07, 6.45) is 3.51. The van der Waals surface area contributed by atoms with Gasteiger partial charge in [-0.1, -0.05) is 0 Å². The molecule has 1 saturated carbocycles. The monoisotopic (exact) mass is 306 g/mol. The van der Waals surface area contributed by atoms with E-state index in [0.717, 1.165) is 23.6 Å². The molecule has 0 bridgehead atoms. The fourth-order valence-electron chi connectivity index (χ4n) is 2.56. The van der Waals surface area contributed by atoms with Gasteiger partial charge in [-0.3, -0.25) is 14.5 Å². The number of aromatic nitrogens is 3. The zero-order valence-electron chi connectivity index (χ0n) is 12.3. The molecule has 3 rings (SSSR count). The van der Waals surface area contributed by atoms with Crippen LogP contribution in [0.5, 0.6) is 0 Å². The van der Waals surface area contributed by atoms with Crippen molar-refractivity contribution in [2.24, 2.45) is 5.92 Å². The van der Waals surface area contributed by atoms with E-state index in [1.165, 1.54) is 6.33 Å². The Hall–Kier alpha value is -2.45. The molecule has 0 radical (unpaired) electrons. The van der Waals surface area contributed by atoms with Gasteiger partial charge in [-0.2, -0.15) is 5.10 Å². The van der Waals surface area contributed by atoms with Crippen molar-refractivity contribution in [3.8, 4) is 0 Å². The largest absolute Gasteiger partial charge is 0.344 e. The summed E-state index contributed by atoms with van der Waals surface area (Å²) in [5, 5.41) is 9.40. The van der Waals surface area contributed by atoms with Gasteiger partial charge in [0.05, 0.1) is 12.6 Å². The molecule has 1 aliphatic carbocycles. The molecule has 1 aliphatic heterocycles. The van der Waals surface area contributed by atoms with Crippen LogP contribution in [-0.4, -0.2) is 50.6 Å². The molecule has 9 heteroatoms. The third-order valence-corrected chi connectivity index (χ3v) is 3.87. The van der Waals surface area contributed by atoms with Gasteiger partial charge in [-0.05, 0) is 25.7 Å². The molecule has 4 amide bonds. The minimum absolute atomic E-state index is 0.0532. The van der Waals surface area contributed by atoms with Crippen LogP contribution < -0.4 is 10.6 Å². The smallest absolute Gasteiger partial charge is 0.325 e. The number of urea groups is 1. The van der Waals surface area contributed by atoms with Gasteiger partial charge in [0, 0.05) is 6.54 Å². The zero-order valence-corrected chi connectivity index (χ0v) is 12.3. The van der Waals surface area contributed by atoms with Crippen LogP contribution in [0.1, 0.15) is 31.6 Å². The molecule has 1 aromatic rings. The second kappa shape index (κ2) is 5.74. The SMILES string of the molecule is CCn1ncnc1[C@@H](NC(=O)CN1C(=O)CNC1=O)C1CC1. The Morgan fingerprint density at radius 3 is 2.86 bits per heavy atom. The summed E-state index contributed by atoms with van der Waals surface area (Å²) in [6, 6.07) is -0.754. The number of imide groups is 1. The molecule has 22 heavy (non-hydrogen) atoms. The summed E-state index contributed by atoms with van der Waals surface area (Å²) in [5.74, 6) is 0.296. The highest BCUT2D eigenvalue weighted by molar-refractivity contribution is 6.04. The van der Waals surface area contributed by atoms with Crippen LogP contribution in [0.2, 0.25) is 0 Å². The first kappa shape index (κ1) is 14.5. The highest BCUT2D eigenvalue weighted by atomic mass is 16.2. The van der Waals surface area contributed by atoms with E-state index in [1.54, 1.807) is 4.68 Å². The van der Waals surface area contributed by atoms with Crippen molar-refractivity contribution in [2.75, 3.05) is 13.1 Å². The van der Waals surface area contributed by atoms with E-state index < -0.39 is 6.03 Å². The Morgan fingerprint density at radius 2 is 2.27 bits per heavy atom. The number of nitrogens with one attached hydrogen (secondary N) is 2. The van der Waals surface area contributed by atoms with E-state index in [9.17, 15) is 14.4 Å². The standard InChI is InChI=1S/C13H18N6O3/c1-2-19-12(15-7-16-19)11(8-3-4-8)17-9(20)6-18-10(21)5-14-13(18)22/h7-8,11H,2-6H2,1H3,(H,14,22)(H,17,20)/t11-/m0/s1. The van der Waals surface area contributed by atoms with Gasteiger partial charge in [0.25, 0.3) is 5.91 Å². The molecular formula is C13H18N6O3. The maximum absolute atomic E-state index is 12.2. The van der Waals surface area contributed by atoms with Crippen molar-refractivity contribution in [1.82, 2.24) is 30.3 Å². The highest BCUT2D eigenvalue weighted by Crippen LogP contribution is 2.40. The van der Waals surface area contributed by atoms with E-state index in [2.05, 4.69) is 20.7 Å². The van der Waals surface area contributed by atoms with E-state index in [1.807, 2.05) is 6.92 Å². The van der Waals surface area contributed by atoms with E-state index in [0.29, 0.717) is 12.5 Å². The minimum atomic E-state index is -0.528. The normalized spacial score (nSPS) is 19.2. The Labute approximate surface area is 127 Å². The predicted molar refractivity (Wildman–Crippen MR) is 74.4 cm³/mol. The summed E-state index contributed by atoms with van der Waals surface area (Å²) in [5.41, 5.74) is 0. The number of hydrogen-bond acceptors (Lipinski definition) is 5. The van der Waals surface area contributed by atoms with Crippen LogP contribution in [0.4, 0.5) is 4.79 Å². The highest BCUT2D eigenvalue weighted by Gasteiger charge is 2.37. The molecule has 1 saturated heterocycles. The molecule has 2 aliphatic rings. The molecule has 2 heterocycles. The first-order valence-electron chi connectivity index (χ1n) is 7.35. The third kappa shape index (κ3) is 2.78. The predicted octanol–water partition coefficient (Wildman–Crippen LogP) is -0.583. The zero-order chi connectivity index (χ0) is 15.7. The Morgan fingerprint density at radius 1 is 1.50 bits per heavy atom. The van der Waals surface area contributed by atoms with E-state index >= 15 is 0 Å². The topological polar surface area (TPSA) is 109 Å². The Balaban J connectivity index is 1.68. The van der Waals surface area contributed by atoms with Crippen molar-refractivity contribution >= 4 is 17.8 Å². The molecule has 1 aromatic heterocycles. The van der Waals surface area contributed by atoms with Crippen LogP contribution >= 0.6 is 0 Å². The fourth-order valence-corrected chi connectivity index (χ4v) is 2.56. The molecule has 1 atom stereocenters. The lowest BCUT2D eigenvalue weighted by Gasteiger charge is -2.19. The van der Waals surface area contributed by atoms with Crippen LogP contribution in [-0.2, 0) is 16.1 Å². The van der Waals surface area contributed by atoms with E-state index in [-0.39, 0.29) is 30.9 Å². The number of amides is 4. The van der Waals surface area contributed by atoms with Gasteiger partial charge in [-0.15, -0.1) is 0 Å². The maximum atomic E-state index is 12.2. The third-order valence-electron chi connectivity index (χ3n) is 3.87. The fraction of sp³-hybridized carbons (Fsp3) is 0.615. The van der Waals surface area contributed by atoms with Crippen molar-refractivity contribution < 1.29 is 14.4 Å². The molecule has 2 N–H and O–H groups in total. The van der Waals surface area contributed by atoms with Gasteiger partial charge in [0.2, 0.25) is 5.91 Å². The van der Waals surface area contributed by atoms with Gasteiger partial charge in [-0.25, -0.2) is 14.5 Å². The first-order chi connectivity index (χ1) is 10.6. The van der Waals surface area contributed by atoms with Gasteiger partial charge < -0.3 is 10.6 Å². The van der Waals surface area contributed by atoms with Crippen LogP contribution in [0.25, 0.3) is 0 Å².